The van der Waals surface area contributed by atoms with Crippen molar-refractivity contribution in [3.8, 4) is 0 Å². The summed E-state index contributed by atoms with van der Waals surface area (Å²) in [5, 5.41) is 0.275. The van der Waals surface area contributed by atoms with Crippen LogP contribution in [0.4, 0.5) is 0 Å². The third-order valence-electron chi connectivity index (χ3n) is 4.14. The number of carbonyl (C=O) groups is 1. The zero-order valence-corrected chi connectivity index (χ0v) is 15.7. The van der Waals surface area contributed by atoms with Crippen molar-refractivity contribution in [2.45, 2.75) is 31.9 Å². The molecular formula is C18H24ClNO3S. The Bertz CT molecular complexity index is 705. The minimum atomic E-state index is -3.07. The predicted molar refractivity (Wildman–Crippen MR) is 98.7 cm³/mol. The molecule has 1 aromatic carbocycles. The van der Waals surface area contributed by atoms with Crippen LogP contribution < -0.4 is 0 Å². The molecule has 1 aliphatic heterocycles. The van der Waals surface area contributed by atoms with Gasteiger partial charge in [0.15, 0.2) is 9.84 Å². The molecule has 1 saturated heterocycles. The van der Waals surface area contributed by atoms with E-state index in [1.165, 1.54) is 6.08 Å². The first-order valence-electron chi connectivity index (χ1n) is 8.22. The van der Waals surface area contributed by atoms with Crippen LogP contribution >= 0.6 is 11.6 Å². The average molecular weight is 370 g/mol. The van der Waals surface area contributed by atoms with Crippen LogP contribution in [0.1, 0.15) is 32.3 Å². The van der Waals surface area contributed by atoms with E-state index in [4.69, 9.17) is 11.6 Å². The lowest BCUT2D eigenvalue weighted by Crippen LogP contribution is -2.42. The maximum Gasteiger partial charge on any atom is 0.246 e. The minimum absolute atomic E-state index is 0.102. The van der Waals surface area contributed by atoms with Crippen molar-refractivity contribution >= 4 is 33.4 Å². The molecule has 1 fully saturated rings. The number of carbonyl (C=O) groups excluding carboxylic acids is 1. The van der Waals surface area contributed by atoms with Gasteiger partial charge >= 0.3 is 0 Å². The van der Waals surface area contributed by atoms with E-state index in [-0.39, 0.29) is 22.8 Å². The highest BCUT2D eigenvalue weighted by atomic mass is 35.5. The number of halogens is 1. The van der Waals surface area contributed by atoms with Gasteiger partial charge in [-0.25, -0.2) is 8.42 Å². The molecule has 0 radical (unpaired) electrons. The Kier molecular flexibility index (Phi) is 6.47. The van der Waals surface area contributed by atoms with E-state index in [0.29, 0.717) is 31.0 Å². The molecule has 2 rings (SSSR count). The van der Waals surface area contributed by atoms with Crippen LogP contribution in [0.2, 0.25) is 5.02 Å². The third kappa shape index (κ3) is 5.08. The molecule has 0 N–H and O–H groups in total. The van der Waals surface area contributed by atoms with Crippen molar-refractivity contribution in [3.05, 3.63) is 40.9 Å². The van der Waals surface area contributed by atoms with E-state index >= 15 is 0 Å². The lowest BCUT2D eigenvalue weighted by Gasteiger charge is -2.31. The Hall–Kier alpha value is -1.33. The smallest absolute Gasteiger partial charge is 0.246 e. The Morgan fingerprint density at radius 3 is 2.50 bits per heavy atom. The lowest BCUT2D eigenvalue weighted by atomic mass is 10.1. The van der Waals surface area contributed by atoms with Crippen LogP contribution in [-0.4, -0.2) is 43.3 Å². The maximum atomic E-state index is 12.3. The fourth-order valence-corrected chi connectivity index (χ4v) is 5.24. The number of benzene rings is 1. The molecule has 132 valence electrons. The number of amides is 1. The van der Waals surface area contributed by atoms with E-state index in [1.54, 1.807) is 17.0 Å². The number of rotatable bonds is 5. The normalized spacial score (nSPS) is 16.9. The Labute approximate surface area is 149 Å². The van der Waals surface area contributed by atoms with Crippen LogP contribution in [0.5, 0.6) is 0 Å². The molecule has 0 unspecified atom stereocenters. The van der Waals surface area contributed by atoms with Gasteiger partial charge in [0.2, 0.25) is 5.91 Å². The van der Waals surface area contributed by atoms with Crippen molar-refractivity contribution in [2.24, 2.45) is 5.92 Å². The summed E-state index contributed by atoms with van der Waals surface area (Å²) in [6.45, 7) is 4.78. The van der Waals surface area contributed by atoms with Gasteiger partial charge in [-0.05, 0) is 36.5 Å². The van der Waals surface area contributed by atoms with E-state index in [2.05, 4.69) is 0 Å². The molecule has 0 aliphatic carbocycles. The zero-order valence-electron chi connectivity index (χ0n) is 14.1. The number of likely N-dealkylation sites (tertiary alicyclic amines) is 1. The Morgan fingerprint density at radius 1 is 1.29 bits per heavy atom. The molecule has 0 atom stereocenters. The second-order valence-electron chi connectivity index (χ2n) is 6.60. The second-order valence-corrected chi connectivity index (χ2v) is 9.34. The van der Waals surface area contributed by atoms with E-state index in [1.807, 2.05) is 32.0 Å². The summed E-state index contributed by atoms with van der Waals surface area (Å²) in [4.78, 5) is 14.0. The van der Waals surface area contributed by atoms with Crippen LogP contribution in [0.25, 0.3) is 6.08 Å². The lowest BCUT2D eigenvalue weighted by molar-refractivity contribution is -0.126. The van der Waals surface area contributed by atoms with Crippen LogP contribution in [0.15, 0.2) is 30.3 Å². The van der Waals surface area contributed by atoms with Gasteiger partial charge in [-0.3, -0.25) is 4.79 Å². The summed E-state index contributed by atoms with van der Waals surface area (Å²) in [5.41, 5.74) is 0.793. The van der Waals surface area contributed by atoms with Crippen molar-refractivity contribution in [2.75, 3.05) is 18.8 Å². The molecule has 6 heteroatoms. The van der Waals surface area contributed by atoms with Crippen molar-refractivity contribution < 1.29 is 13.2 Å². The molecule has 4 nitrogen and oxygen atoms in total. The highest BCUT2D eigenvalue weighted by Gasteiger charge is 2.31. The number of nitrogens with zero attached hydrogens (tertiary/aromatic N) is 1. The van der Waals surface area contributed by atoms with Crippen LogP contribution in [0.3, 0.4) is 0 Å². The van der Waals surface area contributed by atoms with E-state index in [0.717, 1.165) is 5.56 Å². The monoisotopic (exact) mass is 369 g/mol. The molecule has 0 saturated carbocycles. The number of hydrogen-bond donors (Lipinski definition) is 0. The first kappa shape index (κ1) is 19.0. The van der Waals surface area contributed by atoms with Gasteiger partial charge in [-0.2, -0.15) is 0 Å². The van der Waals surface area contributed by atoms with Gasteiger partial charge in [-0.1, -0.05) is 43.6 Å². The van der Waals surface area contributed by atoms with Crippen LogP contribution in [0, 0.1) is 5.92 Å². The van der Waals surface area contributed by atoms with Gasteiger partial charge in [0.1, 0.15) is 0 Å². The standard InChI is InChI=1S/C18H24ClNO3S/c1-14(2)13-24(22,23)16-9-11-20(12-10-16)18(21)8-7-15-5-3-4-6-17(15)19/h3-8,14,16H,9-13H2,1-2H3/b8-7+. The number of piperidine rings is 1. The predicted octanol–water partition coefficient (Wildman–Crippen LogP) is 3.42. The van der Waals surface area contributed by atoms with E-state index in [9.17, 15) is 13.2 Å². The maximum absolute atomic E-state index is 12.3. The molecule has 1 heterocycles. The average Bonchev–Trinajstić information content (AvgIpc) is 2.53. The third-order valence-corrected chi connectivity index (χ3v) is 7.10. The molecule has 0 bridgehead atoms. The molecule has 0 spiro atoms. The summed E-state index contributed by atoms with van der Waals surface area (Å²) in [5.74, 6) is 0.251. The van der Waals surface area contributed by atoms with Gasteiger partial charge in [0, 0.05) is 24.2 Å². The fraction of sp³-hybridized carbons (Fsp3) is 0.500. The summed E-state index contributed by atoms with van der Waals surface area (Å²) in [6, 6.07) is 7.32. The zero-order chi connectivity index (χ0) is 17.7. The topological polar surface area (TPSA) is 54.5 Å². The first-order valence-corrected chi connectivity index (χ1v) is 10.3. The highest BCUT2D eigenvalue weighted by Crippen LogP contribution is 2.21. The fourth-order valence-electron chi connectivity index (χ4n) is 2.91. The SMILES string of the molecule is CC(C)CS(=O)(=O)C1CCN(C(=O)/C=C/c2ccccc2Cl)CC1. The molecule has 24 heavy (non-hydrogen) atoms. The Balaban J connectivity index is 1.92. The number of sulfone groups is 1. The molecule has 0 aromatic heterocycles. The Morgan fingerprint density at radius 2 is 1.92 bits per heavy atom. The van der Waals surface area contributed by atoms with E-state index < -0.39 is 9.84 Å². The summed E-state index contributed by atoms with van der Waals surface area (Å²) in [7, 11) is -3.07. The quantitative estimate of drug-likeness (QED) is 0.747. The largest absolute Gasteiger partial charge is 0.339 e. The second kappa shape index (κ2) is 8.17. The van der Waals surface area contributed by atoms with Gasteiger partial charge in [-0.15, -0.1) is 0 Å². The minimum Gasteiger partial charge on any atom is -0.339 e. The van der Waals surface area contributed by atoms with Gasteiger partial charge < -0.3 is 4.90 Å². The molecule has 1 aromatic rings. The summed E-state index contributed by atoms with van der Waals surface area (Å²) in [6.07, 6.45) is 4.23. The van der Waals surface area contributed by atoms with Crippen molar-refractivity contribution in [1.29, 1.82) is 0 Å². The van der Waals surface area contributed by atoms with Crippen LogP contribution in [-0.2, 0) is 14.6 Å². The van der Waals surface area contributed by atoms with Crippen molar-refractivity contribution in [1.82, 2.24) is 4.90 Å². The molecule has 1 amide bonds. The van der Waals surface area contributed by atoms with Gasteiger partial charge in [0.25, 0.3) is 0 Å². The highest BCUT2D eigenvalue weighted by molar-refractivity contribution is 7.92. The molecular weight excluding hydrogens is 346 g/mol. The number of hydrogen-bond acceptors (Lipinski definition) is 3. The molecule has 1 aliphatic rings. The van der Waals surface area contributed by atoms with Gasteiger partial charge in [0.05, 0.1) is 11.0 Å². The van der Waals surface area contributed by atoms with Crippen molar-refractivity contribution in [3.63, 3.8) is 0 Å². The summed E-state index contributed by atoms with van der Waals surface area (Å²) < 4.78 is 24.6. The first-order chi connectivity index (χ1) is 11.3. The summed E-state index contributed by atoms with van der Waals surface area (Å²) >= 11 is 6.06.